The second-order valence-corrected chi connectivity index (χ2v) is 12.1. The normalized spacial score (nSPS) is 11.3. The van der Waals surface area contributed by atoms with Crippen molar-refractivity contribution in [3.05, 3.63) is 188 Å². The van der Waals surface area contributed by atoms with Crippen molar-refractivity contribution in [3.63, 3.8) is 0 Å². The van der Waals surface area contributed by atoms with Gasteiger partial charge in [0.05, 0.1) is 11.4 Å². The fourth-order valence-electron chi connectivity index (χ4n) is 7.07. The Kier molecular flexibility index (Phi) is 6.84. The highest BCUT2D eigenvalue weighted by Gasteiger charge is 2.24. The van der Waals surface area contributed by atoms with Gasteiger partial charge in [0.2, 0.25) is 0 Å². The van der Waals surface area contributed by atoms with Crippen molar-refractivity contribution in [1.82, 2.24) is 0 Å². The van der Waals surface area contributed by atoms with E-state index in [1.807, 2.05) is 6.07 Å². The summed E-state index contributed by atoms with van der Waals surface area (Å²) < 4.78 is 6.78. The predicted octanol–water partition coefficient (Wildman–Crippen LogP) is 13.2. The van der Waals surface area contributed by atoms with Crippen LogP contribution in [0.25, 0.3) is 66.1 Å². The zero-order chi connectivity index (χ0) is 31.9. The van der Waals surface area contributed by atoms with Gasteiger partial charge in [-0.1, -0.05) is 152 Å². The molecule has 0 saturated heterocycles. The van der Waals surface area contributed by atoms with Gasteiger partial charge in [0.25, 0.3) is 0 Å². The molecule has 1 aromatic heterocycles. The molecule has 0 aliphatic heterocycles. The molecule has 8 aromatic carbocycles. The van der Waals surface area contributed by atoms with E-state index in [2.05, 4.69) is 187 Å². The third-order valence-corrected chi connectivity index (χ3v) is 9.28. The maximum atomic E-state index is 6.78. The van der Waals surface area contributed by atoms with Crippen LogP contribution in [0.1, 0.15) is 0 Å². The van der Waals surface area contributed by atoms with Crippen LogP contribution in [0, 0.1) is 0 Å². The molecule has 0 radical (unpaired) electrons. The summed E-state index contributed by atoms with van der Waals surface area (Å²) in [5.41, 5.74) is 9.76. The van der Waals surface area contributed by atoms with Crippen molar-refractivity contribution in [2.24, 2.45) is 0 Å². The summed E-state index contributed by atoms with van der Waals surface area (Å²) in [6.45, 7) is 0. The Labute approximate surface area is 279 Å². The average Bonchev–Trinajstić information content (AvgIpc) is 3.55. The number of hydrogen-bond donors (Lipinski definition) is 0. The number of rotatable bonds is 6. The Morgan fingerprint density at radius 2 is 0.917 bits per heavy atom. The standard InChI is InChI=1S/C46H31NO/c1-2-16-35(17-3-1)45-41-23-9-11-27-44(41)48-46(45)40-22-8-10-25-43(40)47(42-26-13-19-33-15-5-7-21-39(33)42)36-30-28-34(29-31-36)38-24-12-18-32-14-4-6-20-37(32)38/h1-31H. The first-order chi connectivity index (χ1) is 23.8. The molecule has 226 valence electrons. The number of benzene rings is 8. The molecule has 48 heavy (non-hydrogen) atoms. The highest BCUT2D eigenvalue weighted by molar-refractivity contribution is 6.06. The Hall–Kier alpha value is -6.38. The van der Waals surface area contributed by atoms with E-state index in [9.17, 15) is 0 Å². The smallest absolute Gasteiger partial charge is 0.145 e. The summed E-state index contributed by atoms with van der Waals surface area (Å²) in [5.74, 6) is 0.857. The van der Waals surface area contributed by atoms with Gasteiger partial charge < -0.3 is 9.32 Å². The highest BCUT2D eigenvalue weighted by atomic mass is 16.3. The van der Waals surface area contributed by atoms with Gasteiger partial charge in [-0.15, -0.1) is 0 Å². The Bertz CT molecular complexity index is 2550. The van der Waals surface area contributed by atoms with Crippen molar-refractivity contribution in [3.8, 4) is 33.6 Å². The summed E-state index contributed by atoms with van der Waals surface area (Å²) in [6, 6.07) is 66.7. The minimum absolute atomic E-state index is 0.857. The maximum Gasteiger partial charge on any atom is 0.145 e. The first-order valence-electron chi connectivity index (χ1n) is 16.4. The number of furan rings is 1. The summed E-state index contributed by atoms with van der Waals surface area (Å²) >= 11 is 0. The fourth-order valence-corrected chi connectivity index (χ4v) is 7.07. The number of nitrogens with zero attached hydrogens (tertiary/aromatic N) is 1. The predicted molar refractivity (Wildman–Crippen MR) is 202 cm³/mol. The number of anilines is 3. The molecular formula is C46H31NO. The largest absolute Gasteiger partial charge is 0.455 e. The van der Waals surface area contributed by atoms with Gasteiger partial charge in [0.1, 0.15) is 11.3 Å². The lowest BCUT2D eigenvalue weighted by Gasteiger charge is -2.29. The van der Waals surface area contributed by atoms with E-state index in [1.165, 1.54) is 32.7 Å². The van der Waals surface area contributed by atoms with Crippen LogP contribution in [0.15, 0.2) is 192 Å². The van der Waals surface area contributed by atoms with Crippen LogP contribution in [-0.4, -0.2) is 0 Å². The van der Waals surface area contributed by atoms with Gasteiger partial charge >= 0.3 is 0 Å². The molecule has 0 spiro atoms. The molecule has 9 rings (SSSR count). The van der Waals surface area contributed by atoms with Gasteiger partial charge in [0.15, 0.2) is 0 Å². The van der Waals surface area contributed by atoms with Crippen LogP contribution in [0.5, 0.6) is 0 Å². The topological polar surface area (TPSA) is 16.4 Å². The van der Waals surface area contributed by atoms with E-state index in [0.29, 0.717) is 0 Å². The van der Waals surface area contributed by atoms with Gasteiger partial charge in [-0.05, 0) is 69.2 Å². The molecule has 9 aromatic rings. The van der Waals surface area contributed by atoms with E-state index in [-0.39, 0.29) is 0 Å². The SMILES string of the molecule is c1ccc(-c2c(-c3ccccc3N(c3ccc(-c4cccc5ccccc45)cc3)c3cccc4ccccc34)oc3ccccc23)cc1. The molecule has 0 aliphatic rings. The van der Waals surface area contributed by atoms with Crippen LogP contribution in [0.3, 0.4) is 0 Å². The Balaban J connectivity index is 1.28. The molecule has 0 atom stereocenters. The van der Waals surface area contributed by atoms with Crippen LogP contribution in [0.2, 0.25) is 0 Å². The Morgan fingerprint density at radius 1 is 0.354 bits per heavy atom. The van der Waals surface area contributed by atoms with E-state index in [0.717, 1.165) is 50.5 Å². The quantitative estimate of drug-likeness (QED) is 0.185. The number of fused-ring (bicyclic) bond motifs is 3. The lowest BCUT2D eigenvalue weighted by molar-refractivity contribution is 0.632. The first-order valence-corrected chi connectivity index (χ1v) is 16.4. The van der Waals surface area contributed by atoms with Gasteiger partial charge in [-0.25, -0.2) is 0 Å². The van der Waals surface area contributed by atoms with E-state index in [1.54, 1.807) is 0 Å². The Morgan fingerprint density at radius 3 is 1.73 bits per heavy atom. The third kappa shape index (κ3) is 4.74. The molecule has 1 heterocycles. The number of para-hydroxylation sites is 2. The molecule has 0 saturated carbocycles. The molecule has 0 unspecified atom stereocenters. The van der Waals surface area contributed by atoms with Gasteiger partial charge in [-0.2, -0.15) is 0 Å². The van der Waals surface area contributed by atoms with Crippen LogP contribution in [-0.2, 0) is 0 Å². The van der Waals surface area contributed by atoms with Crippen molar-refractivity contribution in [2.45, 2.75) is 0 Å². The summed E-state index contributed by atoms with van der Waals surface area (Å²) in [4.78, 5) is 2.38. The number of hydrogen-bond acceptors (Lipinski definition) is 2. The van der Waals surface area contributed by atoms with Crippen molar-refractivity contribution in [1.29, 1.82) is 0 Å². The van der Waals surface area contributed by atoms with Crippen LogP contribution in [0.4, 0.5) is 17.1 Å². The highest BCUT2D eigenvalue weighted by Crippen LogP contribution is 2.48. The average molecular weight is 614 g/mol. The second kappa shape index (κ2) is 11.8. The molecule has 0 amide bonds. The van der Waals surface area contributed by atoms with E-state index in [4.69, 9.17) is 4.42 Å². The zero-order valence-corrected chi connectivity index (χ0v) is 26.3. The summed E-state index contributed by atoms with van der Waals surface area (Å²) in [7, 11) is 0. The van der Waals surface area contributed by atoms with Crippen LogP contribution >= 0.6 is 0 Å². The van der Waals surface area contributed by atoms with Crippen LogP contribution < -0.4 is 4.90 Å². The lowest BCUT2D eigenvalue weighted by Crippen LogP contribution is -2.11. The van der Waals surface area contributed by atoms with Crippen molar-refractivity contribution >= 4 is 49.6 Å². The molecule has 0 bridgehead atoms. The summed E-state index contributed by atoms with van der Waals surface area (Å²) in [6.07, 6.45) is 0. The summed E-state index contributed by atoms with van der Waals surface area (Å²) in [5, 5.41) is 5.97. The van der Waals surface area contributed by atoms with Crippen molar-refractivity contribution in [2.75, 3.05) is 4.90 Å². The monoisotopic (exact) mass is 613 g/mol. The van der Waals surface area contributed by atoms with Crippen molar-refractivity contribution < 1.29 is 4.42 Å². The molecule has 0 aliphatic carbocycles. The minimum Gasteiger partial charge on any atom is -0.455 e. The molecule has 0 fully saturated rings. The molecule has 2 nitrogen and oxygen atoms in total. The molecular weight excluding hydrogens is 583 g/mol. The minimum atomic E-state index is 0.857. The fraction of sp³-hybridized carbons (Fsp3) is 0. The van der Waals surface area contributed by atoms with E-state index >= 15 is 0 Å². The lowest BCUT2D eigenvalue weighted by atomic mass is 9.96. The van der Waals surface area contributed by atoms with Gasteiger partial charge in [-0.3, -0.25) is 0 Å². The van der Waals surface area contributed by atoms with Gasteiger partial charge in [0, 0.05) is 27.6 Å². The second-order valence-electron chi connectivity index (χ2n) is 12.1. The maximum absolute atomic E-state index is 6.78. The van der Waals surface area contributed by atoms with E-state index < -0.39 is 0 Å². The third-order valence-electron chi connectivity index (χ3n) is 9.28. The first kappa shape index (κ1) is 27.9. The molecule has 2 heteroatoms. The zero-order valence-electron chi connectivity index (χ0n) is 26.3. The molecule has 0 N–H and O–H groups in total.